The Labute approximate surface area is 128 Å². The molecule has 0 aliphatic carbocycles. The van der Waals surface area contributed by atoms with Gasteiger partial charge in [-0.15, -0.1) is 11.8 Å². The third kappa shape index (κ3) is 3.01. The van der Waals surface area contributed by atoms with Gasteiger partial charge in [0, 0.05) is 16.8 Å². The number of ether oxygens (including phenoxy) is 1. The third-order valence-electron chi connectivity index (χ3n) is 3.24. The van der Waals surface area contributed by atoms with E-state index in [4.69, 9.17) is 10.5 Å². The fourth-order valence-electron chi connectivity index (χ4n) is 2.16. The predicted molar refractivity (Wildman–Crippen MR) is 87.9 cm³/mol. The van der Waals surface area contributed by atoms with Crippen molar-refractivity contribution in [3.63, 3.8) is 0 Å². The molecule has 3 nitrogen and oxygen atoms in total. The van der Waals surface area contributed by atoms with E-state index < -0.39 is 0 Å². The van der Waals surface area contributed by atoms with Crippen LogP contribution in [0, 0.1) is 0 Å². The topological polar surface area (TPSA) is 48.1 Å². The van der Waals surface area contributed by atoms with E-state index in [0.717, 1.165) is 22.2 Å². The summed E-state index contributed by atoms with van der Waals surface area (Å²) in [7, 11) is 0. The standard InChI is InChI=1S/C17H16N2OS/c1-21-15-8-6-14(7-9-15)20-17-16-5-3-2-4-12(16)10-13(11-18)19-17/h2-10H,11,18H2,1H3. The third-order valence-corrected chi connectivity index (χ3v) is 3.99. The van der Waals surface area contributed by atoms with Gasteiger partial charge >= 0.3 is 0 Å². The highest BCUT2D eigenvalue weighted by atomic mass is 32.2. The lowest BCUT2D eigenvalue weighted by molar-refractivity contribution is 0.467. The van der Waals surface area contributed by atoms with Crippen molar-refractivity contribution in [2.24, 2.45) is 5.73 Å². The minimum Gasteiger partial charge on any atom is -0.438 e. The first-order valence-electron chi connectivity index (χ1n) is 6.71. The molecule has 1 aromatic heterocycles. The molecule has 106 valence electrons. The van der Waals surface area contributed by atoms with E-state index in [9.17, 15) is 0 Å². The van der Waals surface area contributed by atoms with E-state index in [-0.39, 0.29) is 0 Å². The molecule has 1 heterocycles. The first kappa shape index (κ1) is 13.9. The maximum atomic E-state index is 5.96. The molecule has 0 atom stereocenters. The number of hydrogen-bond donors (Lipinski definition) is 1. The van der Waals surface area contributed by atoms with E-state index in [1.54, 1.807) is 11.8 Å². The fourth-order valence-corrected chi connectivity index (χ4v) is 2.57. The number of rotatable bonds is 4. The number of nitrogens with zero attached hydrogens (tertiary/aromatic N) is 1. The van der Waals surface area contributed by atoms with Crippen molar-refractivity contribution in [1.29, 1.82) is 0 Å². The molecule has 21 heavy (non-hydrogen) atoms. The number of aromatic nitrogens is 1. The number of thioether (sulfide) groups is 1. The van der Waals surface area contributed by atoms with Crippen molar-refractivity contribution in [1.82, 2.24) is 4.98 Å². The normalized spacial score (nSPS) is 10.8. The first-order valence-corrected chi connectivity index (χ1v) is 7.93. The monoisotopic (exact) mass is 296 g/mol. The molecule has 2 N–H and O–H groups in total. The highest BCUT2D eigenvalue weighted by Gasteiger charge is 2.07. The van der Waals surface area contributed by atoms with Gasteiger partial charge in [0.15, 0.2) is 0 Å². The smallest absolute Gasteiger partial charge is 0.227 e. The number of fused-ring (bicyclic) bond motifs is 1. The summed E-state index contributed by atoms with van der Waals surface area (Å²) in [6.45, 7) is 0.395. The Hall–Kier alpha value is -2.04. The lowest BCUT2D eigenvalue weighted by Gasteiger charge is -2.10. The lowest BCUT2D eigenvalue weighted by Crippen LogP contribution is -2.01. The molecule has 0 saturated carbocycles. The van der Waals surface area contributed by atoms with Crippen LogP contribution in [0.3, 0.4) is 0 Å². The molecule has 2 aromatic carbocycles. The van der Waals surface area contributed by atoms with Crippen molar-refractivity contribution in [2.75, 3.05) is 6.26 Å². The Bertz CT molecular complexity index is 756. The Morgan fingerprint density at radius 2 is 1.86 bits per heavy atom. The SMILES string of the molecule is CSc1ccc(Oc2nc(CN)cc3ccccc23)cc1. The lowest BCUT2D eigenvalue weighted by atomic mass is 10.1. The average molecular weight is 296 g/mol. The molecule has 3 rings (SSSR count). The van der Waals surface area contributed by atoms with Gasteiger partial charge in [0.1, 0.15) is 5.75 Å². The Kier molecular flexibility index (Phi) is 4.08. The zero-order chi connectivity index (χ0) is 14.7. The van der Waals surface area contributed by atoms with E-state index >= 15 is 0 Å². The van der Waals surface area contributed by atoms with Crippen LogP contribution >= 0.6 is 11.8 Å². The molecule has 0 radical (unpaired) electrons. The molecule has 0 spiro atoms. The number of hydrogen-bond acceptors (Lipinski definition) is 4. The highest BCUT2D eigenvalue weighted by Crippen LogP contribution is 2.29. The van der Waals surface area contributed by atoms with Crippen molar-refractivity contribution in [3.8, 4) is 11.6 Å². The van der Waals surface area contributed by atoms with Crippen LogP contribution in [0.15, 0.2) is 59.5 Å². The summed E-state index contributed by atoms with van der Waals surface area (Å²) in [5.41, 5.74) is 6.54. The van der Waals surface area contributed by atoms with Gasteiger partial charge < -0.3 is 10.5 Å². The second-order valence-corrected chi connectivity index (χ2v) is 5.50. The summed E-state index contributed by atoms with van der Waals surface area (Å²) in [6.07, 6.45) is 2.05. The van der Waals surface area contributed by atoms with Crippen molar-refractivity contribution in [2.45, 2.75) is 11.4 Å². The van der Waals surface area contributed by atoms with E-state index in [0.29, 0.717) is 12.4 Å². The quantitative estimate of drug-likeness (QED) is 0.733. The second kappa shape index (κ2) is 6.16. The van der Waals surface area contributed by atoms with Crippen LogP contribution in [0.25, 0.3) is 10.8 Å². The zero-order valence-electron chi connectivity index (χ0n) is 11.7. The predicted octanol–water partition coefficient (Wildman–Crippen LogP) is 4.21. The van der Waals surface area contributed by atoms with Gasteiger partial charge in [-0.1, -0.05) is 18.2 Å². The van der Waals surface area contributed by atoms with Crippen molar-refractivity contribution in [3.05, 3.63) is 60.3 Å². The fraction of sp³-hybridized carbons (Fsp3) is 0.118. The Morgan fingerprint density at radius 1 is 1.10 bits per heavy atom. The second-order valence-electron chi connectivity index (χ2n) is 4.62. The molecular weight excluding hydrogens is 280 g/mol. The van der Waals surface area contributed by atoms with Crippen molar-refractivity contribution >= 4 is 22.5 Å². The van der Waals surface area contributed by atoms with Gasteiger partial charge in [0.25, 0.3) is 0 Å². The van der Waals surface area contributed by atoms with Crippen LogP contribution in [-0.4, -0.2) is 11.2 Å². The average Bonchev–Trinajstić information content (AvgIpc) is 2.55. The van der Waals surface area contributed by atoms with E-state index in [2.05, 4.69) is 11.2 Å². The maximum absolute atomic E-state index is 5.96. The minimum absolute atomic E-state index is 0.395. The molecule has 0 saturated heterocycles. The zero-order valence-corrected chi connectivity index (χ0v) is 12.6. The van der Waals surface area contributed by atoms with Crippen molar-refractivity contribution < 1.29 is 4.74 Å². The van der Waals surface area contributed by atoms with Gasteiger partial charge in [0.2, 0.25) is 5.88 Å². The molecule has 0 aliphatic rings. The van der Waals surface area contributed by atoms with Crippen LogP contribution in [0.2, 0.25) is 0 Å². The number of pyridine rings is 1. The van der Waals surface area contributed by atoms with Crippen LogP contribution in [0.1, 0.15) is 5.69 Å². The molecule has 0 bridgehead atoms. The Morgan fingerprint density at radius 3 is 2.57 bits per heavy atom. The van der Waals surface area contributed by atoms with Crippen LogP contribution in [-0.2, 0) is 6.54 Å². The highest BCUT2D eigenvalue weighted by molar-refractivity contribution is 7.98. The first-order chi connectivity index (χ1) is 10.3. The number of benzene rings is 2. The maximum Gasteiger partial charge on any atom is 0.227 e. The largest absolute Gasteiger partial charge is 0.438 e. The molecule has 0 amide bonds. The van der Waals surface area contributed by atoms with Gasteiger partial charge in [-0.05, 0) is 48.0 Å². The molecule has 4 heteroatoms. The molecule has 3 aromatic rings. The van der Waals surface area contributed by atoms with E-state index in [1.807, 2.05) is 54.6 Å². The molecule has 0 unspecified atom stereocenters. The summed E-state index contributed by atoms with van der Waals surface area (Å²) in [4.78, 5) is 5.71. The minimum atomic E-state index is 0.395. The van der Waals surface area contributed by atoms with E-state index in [1.165, 1.54) is 4.90 Å². The van der Waals surface area contributed by atoms with Crippen LogP contribution in [0.5, 0.6) is 11.6 Å². The van der Waals surface area contributed by atoms with Gasteiger partial charge in [0.05, 0.1) is 5.69 Å². The summed E-state index contributed by atoms with van der Waals surface area (Å²) < 4.78 is 5.96. The van der Waals surface area contributed by atoms with Gasteiger partial charge in [-0.2, -0.15) is 0 Å². The summed E-state index contributed by atoms with van der Waals surface area (Å²) in [5.74, 6) is 1.38. The van der Waals surface area contributed by atoms with Gasteiger partial charge in [-0.3, -0.25) is 0 Å². The summed E-state index contributed by atoms with van der Waals surface area (Å²) in [5, 5.41) is 2.08. The molecular formula is C17H16N2OS. The van der Waals surface area contributed by atoms with Crippen LogP contribution < -0.4 is 10.5 Å². The van der Waals surface area contributed by atoms with Gasteiger partial charge in [-0.25, -0.2) is 4.98 Å². The van der Waals surface area contributed by atoms with Crippen LogP contribution in [0.4, 0.5) is 0 Å². The molecule has 0 aliphatic heterocycles. The summed E-state index contributed by atoms with van der Waals surface area (Å²) in [6, 6.07) is 18.0. The summed E-state index contributed by atoms with van der Waals surface area (Å²) >= 11 is 1.70. The number of nitrogens with two attached hydrogens (primary N) is 1. The molecule has 0 fully saturated rings. The Balaban J connectivity index is 2.01.